The summed E-state index contributed by atoms with van der Waals surface area (Å²) < 4.78 is 27.3. The lowest BCUT2D eigenvalue weighted by molar-refractivity contribution is 0.209. The Balaban J connectivity index is 1.97. The van der Waals surface area contributed by atoms with Crippen LogP contribution in [-0.4, -0.2) is 31.4 Å². The fraction of sp³-hybridized carbons (Fsp3) is 0.0588. The van der Waals surface area contributed by atoms with Crippen LogP contribution in [0.15, 0.2) is 29.1 Å². The van der Waals surface area contributed by atoms with E-state index in [2.05, 4.69) is 25.5 Å². The fourth-order valence-electron chi connectivity index (χ4n) is 2.96. The van der Waals surface area contributed by atoms with Crippen LogP contribution in [0.3, 0.4) is 0 Å². The van der Waals surface area contributed by atoms with Gasteiger partial charge in [-0.15, -0.1) is 0 Å². The summed E-state index contributed by atoms with van der Waals surface area (Å²) in [5, 5.41) is 17.3. The van der Waals surface area contributed by atoms with Crippen molar-refractivity contribution in [2.75, 3.05) is 5.32 Å². The quantitative estimate of drug-likeness (QED) is 0.431. The molecule has 4 aromatic rings. The molecule has 0 atom stereocenters. The zero-order valence-electron chi connectivity index (χ0n) is 13.7. The van der Waals surface area contributed by atoms with Gasteiger partial charge in [0.1, 0.15) is 0 Å². The summed E-state index contributed by atoms with van der Waals surface area (Å²) in [5.74, 6) is -2.18. The van der Waals surface area contributed by atoms with E-state index < -0.39 is 23.3 Å². The summed E-state index contributed by atoms with van der Waals surface area (Å²) in [6, 6.07) is 5.06. The lowest BCUT2D eigenvalue weighted by Crippen LogP contribution is -2.10. The maximum absolute atomic E-state index is 13.7. The number of benzene rings is 2. The van der Waals surface area contributed by atoms with Gasteiger partial charge in [0.05, 0.1) is 22.1 Å². The Bertz CT molecular complexity index is 1300. The highest BCUT2D eigenvalue weighted by molar-refractivity contribution is 5.97. The molecule has 2 aromatic heterocycles. The van der Waals surface area contributed by atoms with E-state index in [0.717, 1.165) is 17.7 Å². The molecule has 0 fully saturated rings. The first-order valence-electron chi connectivity index (χ1n) is 7.71. The van der Waals surface area contributed by atoms with Gasteiger partial charge in [0, 0.05) is 10.9 Å². The molecule has 0 aliphatic carbocycles. The van der Waals surface area contributed by atoms with Gasteiger partial charge in [0.2, 0.25) is 5.95 Å². The van der Waals surface area contributed by atoms with E-state index in [4.69, 9.17) is 5.11 Å². The number of rotatable bonds is 2. The zero-order chi connectivity index (χ0) is 19.3. The summed E-state index contributed by atoms with van der Waals surface area (Å²) in [4.78, 5) is 29.7. The summed E-state index contributed by atoms with van der Waals surface area (Å²) in [6.45, 7) is 1.77. The van der Waals surface area contributed by atoms with Gasteiger partial charge in [-0.3, -0.25) is 10.1 Å². The molecular weight excluding hydrogens is 360 g/mol. The highest BCUT2D eigenvalue weighted by Crippen LogP contribution is 2.30. The van der Waals surface area contributed by atoms with Gasteiger partial charge in [-0.2, -0.15) is 5.10 Å². The number of fused-ring (bicyclic) bond motifs is 2. The van der Waals surface area contributed by atoms with E-state index in [1.54, 1.807) is 19.1 Å². The molecule has 27 heavy (non-hydrogen) atoms. The minimum absolute atomic E-state index is 0.0353. The first-order chi connectivity index (χ1) is 12.8. The van der Waals surface area contributed by atoms with Crippen molar-refractivity contribution in [2.45, 2.75) is 6.92 Å². The van der Waals surface area contributed by atoms with Crippen LogP contribution >= 0.6 is 0 Å². The molecule has 0 radical (unpaired) electrons. The van der Waals surface area contributed by atoms with E-state index in [1.807, 2.05) is 0 Å². The monoisotopic (exact) mass is 371 g/mol. The lowest BCUT2D eigenvalue weighted by Gasteiger charge is -2.07. The molecule has 1 amide bonds. The van der Waals surface area contributed by atoms with Crippen LogP contribution in [0, 0.1) is 18.6 Å². The highest BCUT2D eigenvalue weighted by atomic mass is 19.2. The van der Waals surface area contributed by atoms with Crippen molar-refractivity contribution in [3.63, 3.8) is 0 Å². The number of nitrogens with zero attached hydrogens (tertiary/aromatic N) is 2. The Morgan fingerprint density at radius 1 is 1.15 bits per heavy atom. The van der Waals surface area contributed by atoms with Gasteiger partial charge in [-0.25, -0.2) is 23.7 Å². The van der Waals surface area contributed by atoms with E-state index in [1.165, 1.54) is 0 Å². The lowest BCUT2D eigenvalue weighted by atomic mass is 10.0. The highest BCUT2D eigenvalue weighted by Gasteiger charge is 2.16. The number of aryl methyl sites for hydroxylation is 1. The second-order valence-corrected chi connectivity index (χ2v) is 5.92. The molecule has 0 saturated carbocycles. The van der Waals surface area contributed by atoms with Gasteiger partial charge < -0.3 is 10.1 Å². The summed E-state index contributed by atoms with van der Waals surface area (Å²) in [6.07, 6.45) is -1.27. The number of nitrogens with one attached hydrogen (secondary N) is 3. The van der Waals surface area contributed by atoms with Crippen molar-refractivity contribution >= 4 is 33.8 Å². The number of carbonyl (C=O) groups is 1. The van der Waals surface area contributed by atoms with Crippen LogP contribution < -0.4 is 10.9 Å². The number of halogens is 2. The Morgan fingerprint density at radius 2 is 1.85 bits per heavy atom. The minimum Gasteiger partial charge on any atom is -0.465 e. The van der Waals surface area contributed by atoms with Gasteiger partial charge in [0.15, 0.2) is 11.6 Å². The number of carboxylic acid groups (broad SMARTS) is 1. The van der Waals surface area contributed by atoms with E-state index in [-0.39, 0.29) is 22.4 Å². The Labute approximate surface area is 148 Å². The van der Waals surface area contributed by atoms with Gasteiger partial charge in [-0.1, -0.05) is 0 Å². The van der Waals surface area contributed by atoms with Crippen LogP contribution in [0.5, 0.6) is 0 Å². The largest absolute Gasteiger partial charge is 0.465 e. The fourth-order valence-corrected chi connectivity index (χ4v) is 2.96. The molecule has 0 bridgehead atoms. The van der Waals surface area contributed by atoms with Gasteiger partial charge >= 0.3 is 6.09 Å². The third-order valence-corrected chi connectivity index (χ3v) is 4.12. The SMILES string of the molecule is Cc1cc(-c2n[nH]c(=O)c3cc(F)c(F)cc23)cc2nc(NC(=O)O)[nH]c12. The van der Waals surface area contributed by atoms with E-state index >= 15 is 0 Å². The zero-order valence-corrected chi connectivity index (χ0v) is 13.7. The van der Waals surface area contributed by atoms with Crippen molar-refractivity contribution in [3.05, 3.63) is 51.8 Å². The number of amides is 1. The number of imidazole rings is 1. The Morgan fingerprint density at radius 3 is 2.56 bits per heavy atom. The van der Waals surface area contributed by atoms with Crippen molar-refractivity contribution in [1.29, 1.82) is 0 Å². The molecule has 0 unspecified atom stereocenters. The third kappa shape index (κ3) is 2.76. The maximum Gasteiger partial charge on any atom is 0.411 e. The smallest absolute Gasteiger partial charge is 0.411 e. The van der Waals surface area contributed by atoms with E-state index in [9.17, 15) is 18.4 Å². The number of aromatic amines is 2. The third-order valence-electron chi connectivity index (χ3n) is 4.12. The molecule has 2 heterocycles. The molecule has 0 aliphatic rings. The Kier molecular flexibility index (Phi) is 3.62. The number of hydrogen-bond acceptors (Lipinski definition) is 4. The predicted octanol–water partition coefficient (Wildman–Crippen LogP) is 3.14. The first-order valence-corrected chi connectivity index (χ1v) is 7.71. The number of anilines is 1. The van der Waals surface area contributed by atoms with Crippen LogP contribution in [-0.2, 0) is 0 Å². The molecular formula is C17H11F2N5O3. The number of aromatic nitrogens is 4. The minimum atomic E-state index is -1.27. The molecule has 2 aromatic carbocycles. The molecule has 0 saturated heterocycles. The van der Waals surface area contributed by atoms with Crippen molar-refractivity contribution in [2.24, 2.45) is 0 Å². The average molecular weight is 371 g/mol. The standard InChI is InChI=1S/C17H11F2N5O3/c1-6-2-7(3-12-13(6)21-16(20-12)22-17(26)27)14-8-4-10(18)11(19)5-9(8)15(25)24-23-14/h2-5H,1H3,(H,24,25)(H,26,27)(H2,20,21,22). The topological polar surface area (TPSA) is 124 Å². The second kappa shape index (κ2) is 5.87. The average Bonchev–Trinajstić information content (AvgIpc) is 2.99. The van der Waals surface area contributed by atoms with Crippen LogP contribution in [0.4, 0.5) is 19.5 Å². The number of H-pyrrole nitrogens is 2. The predicted molar refractivity (Wildman–Crippen MR) is 93.8 cm³/mol. The molecule has 10 heteroatoms. The molecule has 0 aliphatic heterocycles. The first kappa shape index (κ1) is 16.6. The van der Waals surface area contributed by atoms with Crippen LogP contribution in [0.2, 0.25) is 0 Å². The summed E-state index contributed by atoms with van der Waals surface area (Å²) in [5.41, 5.74) is 1.87. The molecule has 4 rings (SSSR count). The van der Waals surface area contributed by atoms with Crippen LogP contribution in [0.25, 0.3) is 33.1 Å². The molecule has 8 nitrogen and oxygen atoms in total. The second-order valence-electron chi connectivity index (χ2n) is 5.92. The van der Waals surface area contributed by atoms with Crippen molar-refractivity contribution < 1.29 is 18.7 Å². The van der Waals surface area contributed by atoms with Gasteiger partial charge in [-0.05, 0) is 36.8 Å². The summed E-state index contributed by atoms with van der Waals surface area (Å²) in [7, 11) is 0. The van der Waals surface area contributed by atoms with E-state index in [0.29, 0.717) is 16.6 Å². The van der Waals surface area contributed by atoms with Crippen molar-refractivity contribution in [3.8, 4) is 11.3 Å². The molecule has 0 spiro atoms. The maximum atomic E-state index is 13.7. The molecule has 4 N–H and O–H groups in total. The molecule has 136 valence electrons. The Hall–Kier alpha value is -3.82. The number of hydrogen-bond donors (Lipinski definition) is 4. The van der Waals surface area contributed by atoms with Crippen molar-refractivity contribution in [1.82, 2.24) is 20.2 Å². The van der Waals surface area contributed by atoms with Gasteiger partial charge in [0.25, 0.3) is 5.56 Å². The summed E-state index contributed by atoms with van der Waals surface area (Å²) >= 11 is 0. The normalized spacial score (nSPS) is 11.2. The van der Waals surface area contributed by atoms with Crippen LogP contribution in [0.1, 0.15) is 5.56 Å².